The fourth-order valence-electron chi connectivity index (χ4n) is 2.39. The highest BCUT2D eigenvalue weighted by Crippen LogP contribution is 2.30. The zero-order chi connectivity index (χ0) is 13.1. The summed E-state index contributed by atoms with van der Waals surface area (Å²) in [6.07, 6.45) is 4.17. The van der Waals surface area contributed by atoms with Gasteiger partial charge in [-0.25, -0.2) is 0 Å². The number of aromatic nitrogens is 2. The van der Waals surface area contributed by atoms with Crippen molar-refractivity contribution in [2.45, 2.75) is 32.6 Å². The number of nitrogens with zero attached hydrogens (tertiary/aromatic N) is 2. The third-order valence-electron chi connectivity index (χ3n) is 3.64. The molecule has 0 atom stereocenters. The molecule has 0 fully saturated rings. The van der Waals surface area contributed by atoms with Crippen molar-refractivity contribution >= 4 is 5.82 Å². The number of nitrogens with two attached hydrogens (primary N) is 1. The summed E-state index contributed by atoms with van der Waals surface area (Å²) in [7, 11) is 1.86. The molecule has 3 heteroatoms. The van der Waals surface area contributed by atoms with Crippen LogP contribution in [0.3, 0.4) is 0 Å². The van der Waals surface area contributed by atoms with E-state index in [1.807, 2.05) is 13.2 Å². The third kappa shape index (κ3) is 2.26. The minimum atomic E-state index is 0.628. The molecule has 96 valence electrons. The number of hydrogen-bond donors (Lipinski definition) is 1. The summed E-state index contributed by atoms with van der Waals surface area (Å²) in [5.41, 5.74) is 9.59. The molecule has 0 spiro atoms. The van der Waals surface area contributed by atoms with Crippen molar-refractivity contribution in [1.29, 1.82) is 0 Å². The van der Waals surface area contributed by atoms with Crippen molar-refractivity contribution in [2.24, 2.45) is 7.05 Å². The number of anilines is 1. The normalized spacial score (nSPS) is 11.1. The van der Waals surface area contributed by atoms with E-state index < -0.39 is 0 Å². The molecule has 0 saturated heterocycles. The van der Waals surface area contributed by atoms with Crippen LogP contribution in [0, 0.1) is 0 Å². The summed E-state index contributed by atoms with van der Waals surface area (Å²) < 4.78 is 1.71. The first kappa shape index (κ1) is 12.7. The molecule has 18 heavy (non-hydrogen) atoms. The van der Waals surface area contributed by atoms with Crippen LogP contribution in [0.1, 0.15) is 38.2 Å². The SMILES string of the molecule is CCC(CC)c1cccc(-c2cnn(C)c2N)c1. The molecule has 1 aromatic heterocycles. The van der Waals surface area contributed by atoms with Crippen molar-refractivity contribution < 1.29 is 0 Å². The lowest BCUT2D eigenvalue weighted by molar-refractivity contribution is 0.642. The lowest BCUT2D eigenvalue weighted by atomic mass is 9.92. The molecule has 0 unspecified atom stereocenters. The lowest BCUT2D eigenvalue weighted by Gasteiger charge is -2.13. The minimum absolute atomic E-state index is 0.628. The zero-order valence-electron chi connectivity index (χ0n) is 11.4. The summed E-state index contributed by atoms with van der Waals surface area (Å²) in [6.45, 7) is 4.47. The van der Waals surface area contributed by atoms with Crippen molar-refractivity contribution in [1.82, 2.24) is 9.78 Å². The highest BCUT2D eigenvalue weighted by molar-refractivity contribution is 5.73. The topological polar surface area (TPSA) is 43.8 Å². The van der Waals surface area contributed by atoms with Crippen molar-refractivity contribution in [3.05, 3.63) is 36.0 Å². The predicted octanol–water partition coefficient (Wildman–Crippen LogP) is 3.57. The monoisotopic (exact) mass is 243 g/mol. The molecule has 2 N–H and O–H groups in total. The van der Waals surface area contributed by atoms with E-state index in [1.165, 1.54) is 18.4 Å². The van der Waals surface area contributed by atoms with Crippen LogP contribution in [0.2, 0.25) is 0 Å². The molecular formula is C15H21N3. The summed E-state index contributed by atoms with van der Waals surface area (Å²) in [5, 5.41) is 4.20. The Hall–Kier alpha value is -1.77. The second kappa shape index (κ2) is 5.25. The van der Waals surface area contributed by atoms with Gasteiger partial charge in [0, 0.05) is 12.6 Å². The van der Waals surface area contributed by atoms with E-state index in [-0.39, 0.29) is 0 Å². The minimum Gasteiger partial charge on any atom is -0.383 e. The lowest BCUT2D eigenvalue weighted by Crippen LogP contribution is -1.99. The average molecular weight is 243 g/mol. The van der Waals surface area contributed by atoms with Crippen LogP contribution in [0.4, 0.5) is 5.82 Å². The van der Waals surface area contributed by atoms with Gasteiger partial charge in [-0.1, -0.05) is 38.1 Å². The second-order valence-electron chi connectivity index (χ2n) is 4.71. The van der Waals surface area contributed by atoms with Gasteiger partial charge in [-0.15, -0.1) is 0 Å². The highest BCUT2D eigenvalue weighted by Gasteiger charge is 2.11. The molecule has 1 aromatic carbocycles. The Morgan fingerprint density at radius 3 is 2.56 bits per heavy atom. The van der Waals surface area contributed by atoms with Gasteiger partial charge in [0.05, 0.1) is 6.20 Å². The van der Waals surface area contributed by atoms with Crippen molar-refractivity contribution in [3.63, 3.8) is 0 Å². The van der Waals surface area contributed by atoms with E-state index >= 15 is 0 Å². The maximum absolute atomic E-state index is 6.03. The molecule has 2 rings (SSSR count). The van der Waals surface area contributed by atoms with E-state index in [2.05, 4.69) is 43.2 Å². The molecule has 0 aliphatic carbocycles. The number of nitrogen functional groups attached to an aromatic ring is 1. The Labute approximate surface area is 109 Å². The summed E-state index contributed by atoms with van der Waals surface area (Å²) in [6, 6.07) is 8.65. The largest absolute Gasteiger partial charge is 0.383 e. The van der Waals surface area contributed by atoms with Crippen molar-refractivity contribution in [2.75, 3.05) is 5.73 Å². The summed E-state index contributed by atoms with van der Waals surface area (Å²) in [4.78, 5) is 0. The number of rotatable bonds is 4. The van der Waals surface area contributed by atoms with E-state index in [0.29, 0.717) is 5.92 Å². The molecule has 3 nitrogen and oxygen atoms in total. The van der Waals surface area contributed by atoms with Gasteiger partial charge in [0.1, 0.15) is 5.82 Å². The smallest absolute Gasteiger partial charge is 0.129 e. The molecule has 0 radical (unpaired) electrons. The quantitative estimate of drug-likeness (QED) is 0.892. The molecule has 0 aliphatic rings. The van der Waals surface area contributed by atoms with Crippen LogP contribution in [-0.4, -0.2) is 9.78 Å². The zero-order valence-corrected chi connectivity index (χ0v) is 11.4. The van der Waals surface area contributed by atoms with E-state index in [4.69, 9.17) is 5.73 Å². The Bertz CT molecular complexity index is 524. The predicted molar refractivity (Wildman–Crippen MR) is 76.4 cm³/mol. The van der Waals surface area contributed by atoms with Crippen LogP contribution in [-0.2, 0) is 7.05 Å². The van der Waals surface area contributed by atoms with Crippen molar-refractivity contribution in [3.8, 4) is 11.1 Å². The number of benzene rings is 1. The van der Waals surface area contributed by atoms with E-state index in [9.17, 15) is 0 Å². The standard InChI is InChI=1S/C15H21N3/c1-4-11(5-2)12-7-6-8-13(9-12)14-10-17-18(3)15(14)16/h6-11H,4-5,16H2,1-3H3. The highest BCUT2D eigenvalue weighted by atomic mass is 15.3. The molecule has 2 aromatic rings. The van der Waals surface area contributed by atoms with E-state index in [1.54, 1.807) is 4.68 Å². The van der Waals surface area contributed by atoms with Gasteiger partial charge in [0.25, 0.3) is 0 Å². The number of hydrogen-bond acceptors (Lipinski definition) is 2. The van der Waals surface area contributed by atoms with Gasteiger partial charge in [0.15, 0.2) is 0 Å². The summed E-state index contributed by atoms with van der Waals surface area (Å²) >= 11 is 0. The van der Waals surface area contributed by atoms with Gasteiger partial charge < -0.3 is 5.73 Å². The summed E-state index contributed by atoms with van der Waals surface area (Å²) in [5.74, 6) is 1.35. The fourth-order valence-corrected chi connectivity index (χ4v) is 2.39. The molecule has 0 bridgehead atoms. The maximum Gasteiger partial charge on any atom is 0.129 e. The van der Waals surface area contributed by atoms with Gasteiger partial charge in [0.2, 0.25) is 0 Å². The number of aryl methyl sites for hydroxylation is 1. The van der Waals surface area contributed by atoms with Crippen LogP contribution in [0.25, 0.3) is 11.1 Å². The average Bonchev–Trinajstić information content (AvgIpc) is 2.72. The van der Waals surface area contributed by atoms with Gasteiger partial charge >= 0.3 is 0 Å². The molecule has 0 aliphatic heterocycles. The maximum atomic E-state index is 6.03. The Kier molecular flexibility index (Phi) is 3.70. The first-order valence-electron chi connectivity index (χ1n) is 6.55. The van der Waals surface area contributed by atoms with Gasteiger partial charge in [-0.2, -0.15) is 5.10 Å². The van der Waals surface area contributed by atoms with Gasteiger partial charge in [-0.3, -0.25) is 4.68 Å². The van der Waals surface area contributed by atoms with Gasteiger partial charge in [-0.05, 0) is 29.9 Å². The van der Waals surface area contributed by atoms with Crippen LogP contribution >= 0.6 is 0 Å². The fraction of sp³-hybridized carbons (Fsp3) is 0.400. The molecule has 0 saturated carbocycles. The molecule has 0 amide bonds. The first-order valence-corrected chi connectivity index (χ1v) is 6.55. The van der Waals surface area contributed by atoms with Crippen LogP contribution < -0.4 is 5.73 Å². The molecule has 1 heterocycles. The van der Waals surface area contributed by atoms with Crippen LogP contribution in [0.15, 0.2) is 30.5 Å². The first-order chi connectivity index (χ1) is 8.67. The Balaban J connectivity index is 2.41. The Morgan fingerprint density at radius 1 is 1.28 bits per heavy atom. The third-order valence-corrected chi connectivity index (χ3v) is 3.64. The Morgan fingerprint density at radius 2 is 2.00 bits per heavy atom. The van der Waals surface area contributed by atoms with Crippen LogP contribution in [0.5, 0.6) is 0 Å². The molecular weight excluding hydrogens is 222 g/mol. The van der Waals surface area contributed by atoms with E-state index in [0.717, 1.165) is 16.9 Å². The second-order valence-corrected chi connectivity index (χ2v) is 4.71.